The zero-order valence-electron chi connectivity index (χ0n) is 9.17. The van der Waals surface area contributed by atoms with Crippen LogP contribution < -0.4 is 10.5 Å². The van der Waals surface area contributed by atoms with E-state index in [1.165, 1.54) is 7.11 Å². The number of ether oxygens (including phenoxy) is 1. The lowest BCUT2D eigenvalue weighted by atomic mass is 9.96. The third-order valence-corrected chi connectivity index (χ3v) is 2.34. The van der Waals surface area contributed by atoms with Crippen LogP contribution in [0.5, 0.6) is 11.5 Å². The second kappa shape index (κ2) is 4.29. The molecule has 0 fully saturated rings. The van der Waals surface area contributed by atoms with Crippen LogP contribution in [0.4, 0.5) is 0 Å². The molecule has 0 bridgehead atoms. The summed E-state index contributed by atoms with van der Waals surface area (Å²) < 4.78 is 5.05. The van der Waals surface area contributed by atoms with Gasteiger partial charge in [0.1, 0.15) is 16.5 Å². The van der Waals surface area contributed by atoms with Crippen molar-refractivity contribution in [1.82, 2.24) is 0 Å². The Balaban J connectivity index is 3.06. The molecule has 0 aliphatic rings. The van der Waals surface area contributed by atoms with Crippen LogP contribution in [-0.4, -0.2) is 17.8 Å². The predicted octanol–water partition coefficient (Wildman–Crippen LogP) is 2.33. The van der Waals surface area contributed by atoms with Gasteiger partial charge in [0.05, 0.1) is 7.11 Å². The van der Waals surface area contributed by atoms with E-state index in [2.05, 4.69) is 0 Å². The second-order valence-corrected chi connectivity index (χ2v) is 4.67. The van der Waals surface area contributed by atoms with E-state index < -0.39 is 0 Å². The van der Waals surface area contributed by atoms with Gasteiger partial charge in [-0.05, 0) is 38.0 Å². The van der Waals surface area contributed by atoms with Gasteiger partial charge >= 0.3 is 0 Å². The van der Waals surface area contributed by atoms with Gasteiger partial charge in [-0.2, -0.15) is 0 Å². The molecule has 84 valence electrons. The molecule has 0 atom stereocenters. The van der Waals surface area contributed by atoms with E-state index in [1.54, 1.807) is 12.1 Å². The molecule has 0 aliphatic heterocycles. The quantitative estimate of drug-likeness (QED) is 0.837. The fraction of sp³-hybridized carbons (Fsp3) is 0.455. The van der Waals surface area contributed by atoms with Crippen molar-refractivity contribution in [2.45, 2.75) is 25.8 Å². The van der Waals surface area contributed by atoms with E-state index in [4.69, 9.17) is 22.1 Å². The molecule has 1 aromatic carbocycles. The third kappa shape index (κ3) is 3.29. The van der Waals surface area contributed by atoms with E-state index in [0.29, 0.717) is 12.2 Å². The van der Waals surface area contributed by atoms with Crippen LogP contribution in [0.2, 0.25) is 5.02 Å². The summed E-state index contributed by atoms with van der Waals surface area (Å²) in [5.74, 6) is 0.492. The van der Waals surface area contributed by atoms with Crippen LogP contribution in [0.25, 0.3) is 0 Å². The number of halogens is 1. The summed E-state index contributed by atoms with van der Waals surface area (Å²) in [6, 6.07) is 3.40. The molecule has 15 heavy (non-hydrogen) atoms. The number of aromatic hydroxyl groups is 1. The van der Waals surface area contributed by atoms with Crippen molar-refractivity contribution in [2.75, 3.05) is 7.11 Å². The van der Waals surface area contributed by atoms with Crippen molar-refractivity contribution >= 4 is 11.6 Å². The summed E-state index contributed by atoms with van der Waals surface area (Å²) in [5, 5.41) is 9.79. The third-order valence-electron chi connectivity index (χ3n) is 1.96. The van der Waals surface area contributed by atoms with Crippen LogP contribution in [0.15, 0.2) is 12.1 Å². The Bertz CT molecular complexity index is 358. The molecule has 0 spiro atoms. The maximum absolute atomic E-state index is 9.56. The van der Waals surface area contributed by atoms with Crippen molar-refractivity contribution in [3.8, 4) is 11.5 Å². The van der Waals surface area contributed by atoms with E-state index >= 15 is 0 Å². The minimum atomic E-state index is -0.328. The molecule has 0 aromatic heterocycles. The normalized spacial score (nSPS) is 11.5. The fourth-order valence-corrected chi connectivity index (χ4v) is 1.60. The minimum absolute atomic E-state index is 0.0234. The van der Waals surface area contributed by atoms with Gasteiger partial charge in [-0.3, -0.25) is 0 Å². The molecular weight excluding hydrogens is 214 g/mol. The number of phenols is 1. The smallest absolute Gasteiger partial charge is 0.141 e. The highest BCUT2D eigenvalue weighted by Gasteiger charge is 2.15. The molecule has 0 radical (unpaired) electrons. The van der Waals surface area contributed by atoms with Crippen LogP contribution in [0, 0.1) is 0 Å². The second-order valence-electron chi connectivity index (χ2n) is 4.30. The van der Waals surface area contributed by atoms with Crippen LogP contribution in [-0.2, 0) is 6.42 Å². The van der Waals surface area contributed by atoms with Crippen LogP contribution >= 0.6 is 11.6 Å². The number of nitrogens with two attached hydrogens (primary N) is 1. The van der Waals surface area contributed by atoms with E-state index in [9.17, 15) is 5.11 Å². The van der Waals surface area contributed by atoms with Gasteiger partial charge in [-0.25, -0.2) is 0 Å². The molecule has 0 saturated carbocycles. The number of hydrogen-bond acceptors (Lipinski definition) is 3. The Morgan fingerprint density at radius 3 is 2.53 bits per heavy atom. The number of benzene rings is 1. The minimum Gasteiger partial charge on any atom is -0.506 e. The van der Waals surface area contributed by atoms with Crippen LogP contribution in [0.3, 0.4) is 0 Å². The first-order valence-electron chi connectivity index (χ1n) is 4.68. The van der Waals surface area contributed by atoms with Crippen molar-refractivity contribution < 1.29 is 9.84 Å². The standard InChI is InChI=1S/C11H16ClNO2/c1-11(2,13)6-7-4-8(14)10(12)9(5-7)15-3/h4-5,14H,6,13H2,1-3H3. The largest absolute Gasteiger partial charge is 0.506 e. The van der Waals surface area contributed by atoms with Crippen molar-refractivity contribution in [3.63, 3.8) is 0 Å². The molecule has 4 heteroatoms. The first-order valence-corrected chi connectivity index (χ1v) is 5.05. The first-order chi connectivity index (χ1) is 6.83. The lowest BCUT2D eigenvalue weighted by Crippen LogP contribution is -2.34. The lowest BCUT2D eigenvalue weighted by molar-refractivity contribution is 0.406. The molecule has 0 amide bonds. The van der Waals surface area contributed by atoms with Gasteiger partial charge in [-0.15, -0.1) is 0 Å². The molecular formula is C11H16ClNO2. The summed E-state index contributed by atoms with van der Waals surface area (Å²) >= 11 is 5.83. The average Bonchev–Trinajstić information content (AvgIpc) is 2.08. The molecule has 0 unspecified atom stereocenters. The van der Waals surface area contributed by atoms with Crippen molar-refractivity contribution in [3.05, 3.63) is 22.7 Å². The highest BCUT2D eigenvalue weighted by molar-refractivity contribution is 6.33. The number of methoxy groups -OCH3 is 1. The van der Waals surface area contributed by atoms with Crippen molar-refractivity contribution in [2.24, 2.45) is 5.73 Å². The average molecular weight is 230 g/mol. The fourth-order valence-electron chi connectivity index (χ4n) is 1.42. The first kappa shape index (κ1) is 12.1. The lowest BCUT2D eigenvalue weighted by Gasteiger charge is -2.19. The van der Waals surface area contributed by atoms with Gasteiger partial charge in [0, 0.05) is 5.54 Å². The Labute approximate surface area is 94.8 Å². The van der Waals surface area contributed by atoms with Gasteiger partial charge in [-0.1, -0.05) is 11.6 Å². The Kier molecular flexibility index (Phi) is 3.47. The monoisotopic (exact) mass is 229 g/mol. The molecule has 0 saturated heterocycles. The Morgan fingerprint density at radius 1 is 1.47 bits per heavy atom. The summed E-state index contributed by atoms with van der Waals surface area (Å²) in [6.45, 7) is 3.84. The molecule has 1 aromatic rings. The predicted molar refractivity (Wildman–Crippen MR) is 61.6 cm³/mol. The van der Waals surface area contributed by atoms with Crippen LogP contribution in [0.1, 0.15) is 19.4 Å². The number of hydrogen-bond donors (Lipinski definition) is 2. The molecule has 0 aliphatic carbocycles. The Hall–Kier alpha value is -0.930. The van der Waals surface area contributed by atoms with Gasteiger partial charge in [0.15, 0.2) is 0 Å². The maximum Gasteiger partial charge on any atom is 0.141 e. The molecule has 3 N–H and O–H groups in total. The van der Waals surface area contributed by atoms with E-state index in [1.807, 2.05) is 13.8 Å². The van der Waals surface area contributed by atoms with Crippen molar-refractivity contribution in [1.29, 1.82) is 0 Å². The summed E-state index contributed by atoms with van der Waals surface area (Å²) in [6.07, 6.45) is 0.647. The SMILES string of the molecule is COc1cc(CC(C)(C)N)cc(O)c1Cl. The summed E-state index contributed by atoms with van der Waals surface area (Å²) in [7, 11) is 1.51. The molecule has 0 heterocycles. The number of rotatable bonds is 3. The zero-order chi connectivity index (χ0) is 11.6. The maximum atomic E-state index is 9.56. The molecule has 3 nitrogen and oxygen atoms in total. The highest BCUT2D eigenvalue weighted by atomic mass is 35.5. The topological polar surface area (TPSA) is 55.5 Å². The van der Waals surface area contributed by atoms with Gasteiger partial charge in [0.2, 0.25) is 0 Å². The van der Waals surface area contributed by atoms with Gasteiger partial charge in [0.25, 0.3) is 0 Å². The Morgan fingerprint density at radius 2 is 2.07 bits per heavy atom. The summed E-state index contributed by atoms with van der Waals surface area (Å²) in [4.78, 5) is 0. The van der Waals surface area contributed by atoms with E-state index in [0.717, 1.165) is 5.56 Å². The summed E-state index contributed by atoms with van der Waals surface area (Å²) in [5.41, 5.74) is 6.47. The van der Waals surface area contributed by atoms with Gasteiger partial charge < -0.3 is 15.6 Å². The zero-order valence-corrected chi connectivity index (χ0v) is 9.93. The highest BCUT2D eigenvalue weighted by Crippen LogP contribution is 2.35. The number of phenolic OH excluding ortho intramolecular Hbond substituents is 1. The molecule has 1 rings (SSSR count). The van der Waals surface area contributed by atoms with E-state index in [-0.39, 0.29) is 16.3 Å².